The third-order valence-corrected chi connectivity index (χ3v) is 7.41. The van der Waals surface area contributed by atoms with E-state index in [9.17, 15) is 36.2 Å². The number of ether oxygens (including phenoxy) is 2. The van der Waals surface area contributed by atoms with E-state index in [2.05, 4.69) is 0 Å². The van der Waals surface area contributed by atoms with E-state index in [4.69, 9.17) is 21.1 Å². The van der Waals surface area contributed by atoms with Crippen molar-refractivity contribution in [2.75, 3.05) is 18.6 Å². The van der Waals surface area contributed by atoms with Gasteiger partial charge in [0.2, 0.25) is 5.91 Å². The molecule has 3 aromatic carbocycles. The summed E-state index contributed by atoms with van der Waals surface area (Å²) in [6.45, 7) is 1.58. The van der Waals surface area contributed by atoms with Gasteiger partial charge in [-0.15, -0.1) is 0 Å². The summed E-state index contributed by atoms with van der Waals surface area (Å²) in [5.41, 5.74) is -5.69. The summed E-state index contributed by atoms with van der Waals surface area (Å²) < 4.78 is 93.0. The molecule has 41 heavy (non-hydrogen) atoms. The summed E-state index contributed by atoms with van der Waals surface area (Å²) in [4.78, 5) is 15.1. The van der Waals surface area contributed by atoms with Gasteiger partial charge in [0.15, 0.2) is 0 Å². The molecule has 0 aliphatic carbocycles. The Balaban J connectivity index is 1.78. The van der Waals surface area contributed by atoms with Gasteiger partial charge in [0.1, 0.15) is 17.6 Å². The van der Waals surface area contributed by atoms with Gasteiger partial charge in [0.05, 0.1) is 24.6 Å². The molecule has 1 aliphatic heterocycles. The average molecular weight is 602 g/mol. The van der Waals surface area contributed by atoms with Gasteiger partial charge in [-0.3, -0.25) is 4.79 Å². The minimum Gasteiger partial charge on any atom is -0.497 e. The molecule has 4 rings (SSSR count). The van der Waals surface area contributed by atoms with Crippen LogP contribution in [-0.4, -0.2) is 43.1 Å². The number of carbonyl (C=O) groups is 1. The summed E-state index contributed by atoms with van der Waals surface area (Å²) in [5.74, 6) is -0.477. The Morgan fingerprint density at radius 2 is 1.66 bits per heavy atom. The van der Waals surface area contributed by atoms with Crippen molar-refractivity contribution in [2.24, 2.45) is 0 Å². The van der Waals surface area contributed by atoms with Crippen LogP contribution in [0.2, 0.25) is 5.02 Å². The third-order valence-electron chi connectivity index (χ3n) is 7.10. The van der Waals surface area contributed by atoms with E-state index in [0.717, 1.165) is 6.07 Å². The van der Waals surface area contributed by atoms with Crippen molar-refractivity contribution in [3.63, 3.8) is 0 Å². The number of hydrogen-bond acceptors (Lipinski definition) is 4. The second kappa shape index (κ2) is 11.4. The van der Waals surface area contributed by atoms with Crippen molar-refractivity contribution < 1.29 is 45.7 Å². The van der Waals surface area contributed by atoms with Crippen LogP contribution < -0.4 is 14.4 Å². The first kappa shape index (κ1) is 30.5. The van der Waals surface area contributed by atoms with Crippen molar-refractivity contribution in [3.8, 4) is 11.5 Å². The van der Waals surface area contributed by atoms with Crippen LogP contribution in [0, 0.1) is 0 Å². The van der Waals surface area contributed by atoms with Crippen molar-refractivity contribution in [1.82, 2.24) is 0 Å². The van der Waals surface area contributed by atoms with E-state index < -0.39 is 41.4 Å². The van der Waals surface area contributed by atoms with Crippen LogP contribution in [0.1, 0.15) is 36.0 Å². The third kappa shape index (κ3) is 5.97. The monoisotopic (exact) mass is 601 g/mol. The van der Waals surface area contributed by atoms with Crippen LogP contribution in [0.5, 0.6) is 11.5 Å². The summed E-state index contributed by atoms with van der Waals surface area (Å²) in [6, 6.07) is 15.6. The molecule has 0 saturated carbocycles. The van der Waals surface area contributed by atoms with Gasteiger partial charge < -0.3 is 19.5 Å². The molecule has 3 aromatic rings. The number of carbonyl (C=O) groups excluding carboxylic acids is 1. The van der Waals surface area contributed by atoms with E-state index in [1.165, 1.54) is 18.1 Å². The molecule has 1 heterocycles. The lowest BCUT2D eigenvalue weighted by Crippen LogP contribution is -2.54. The van der Waals surface area contributed by atoms with E-state index in [-0.39, 0.29) is 41.4 Å². The number of methoxy groups -OCH3 is 1. The number of aryl methyl sites for hydroxylation is 1. The topological polar surface area (TPSA) is 59.0 Å². The zero-order valence-corrected chi connectivity index (χ0v) is 22.6. The summed E-state index contributed by atoms with van der Waals surface area (Å²) in [5, 5.41) is 10.2. The molecule has 12 heteroatoms. The van der Waals surface area contributed by atoms with Crippen LogP contribution in [0.4, 0.5) is 32.0 Å². The first-order valence-corrected chi connectivity index (χ1v) is 12.9. The van der Waals surface area contributed by atoms with Crippen LogP contribution in [0.15, 0.2) is 66.7 Å². The van der Waals surface area contributed by atoms with Crippen LogP contribution in [-0.2, 0) is 16.8 Å². The fraction of sp³-hybridized carbons (Fsp3) is 0.345. The Hall–Kier alpha value is -3.44. The Morgan fingerprint density at radius 1 is 1.00 bits per heavy atom. The number of alkyl halides is 6. The number of hydrogen-bond donors (Lipinski definition) is 1. The van der Waals surface area contributed by atoms with Crippen LogP contribution >= 0.6 is 11.6 Å². The molecule has 0 fully saturated rings. The highest BCUT2D eigenvalue weighted by Gasteiger charge is 2.71. The lowest BCUT2D eigenvalue weighted by molar-refractivity contribution is -0.376. The molecular formula is C29H26ClF6NO4. The van der Waals surface area contributed by atoms with Gasteiger partial charge in [0.25, 0.3) is 5.60 Å². The SMILES string of the molecule is COc1ccc(Cl)c(O[C@H]2CCc3cc(C(O)(C(F)(F)F)C(F)(F)F)ccc3N(C(=O)C(C)c3ccccc3)C2)c1. The number of nitrogens with zero attached hydrogens (tertiary/aromatic N) is 1. The Bertz CT molecular complexity index is 1380. The van der Waals surface area contributed by atoms with Gasteiger partial charge in [-0.2, -0.15) is 26.3 Å². The molecule has 0 spiro atoms. The number of aliphatic hydroxyl groups is 1. The Kier molecular flexibility index (Phi) is 8.52. The lowest BCUT2D eigenvalue weighted by Gasteiger charge is -2.34. The molecule has 220 valence electrons. The number of fused-ring (bicyclic) bond motifs is 1. The van der Waals surface area contributed by atoms with Gasteiger partial charge in [0, 0.05) is 17.3 Å². The molecular weight excluding hydrogens is 576 g/mol. The highest BCUT2D eigenvalue weighted by Crippen LogP contribution is 2.51. The summed E-state index contributed by atoms with van der Waals surface area (Å²) in [6.07, 6.45) is -12.8. The number of amides is 1. The smallest absolute Gasteiger partial charge is 0.430 e. The Labute approximate surface area is 237 Å². The molecule has 1 aliphatic rings. The predicted octanol–water partition coefficient (Wildman–Crippen LogP) is 7.19. The Morgan fingerprint density at radius 3 is 2.27 bits per heavy atom. The quantitative estimate of drug-likeness (QED) is 0.304. The van der Waals surface area contributed by atoms with Crippen molar-refractivity contribution in [2.45, 2.75) is 49.7 Å². The first-order valence-electron chi connectivity index (χ1n) is 12.5. The van der Waals surface area contributed by atoms with Crippen molar-refractivity contribution in [3.05, 3.63) is 88.4 Å². The fourth-order valence-corrected chi connectivity index (χ4v) is 4.94. The maximum absolute atomic E-state index is 13.8. The lowest BCUT2D eigenvalue weighted by atomic mass is 9.89. The molecule has 1 unspecified atom stereocenters. The van der Waals surface area contributed by atoms with E-state index in [0.29, 0.717) is 23.4 Å². The predicted molar refractivity (Wildman–Crippen MR) is 140 cm³/mol. The zero-order valence-electron chi connectivity index (χ0n) is 21.9. The number of benzene rings is 3. The highest BCUT2D eigenvalue weighted by atomic mass is 35.5. The normalized spacial score (nSPS) is 16.9. The number of halogens is 7. The largest absolute Gasteiger partial charge is 0.497 e. The van der Waals surface area contributed by atoms with Crippen molar-refractivity contribution >= 4 is 23.2 Å². The maximum Gasteiger partial charge on any atom is 0.430 e. The zero-order chi connectivity index (χ0) is 30.2. The molecule has 0 bridgehead atoms. The first-order chi connectivity index (χ1) is 19.2. The van der Waals surface area contributed by atoms with E-state index in [1.54, 1.807) is 49.4 Å². The minimum atomic E-state index is -6.05. The number of anilines is 1. The number of rotatable bonds is 6. The van der Waals surface area contributed by atoms with Gasteiger partial charge >= 0.3 is 12.4 Å². The molecule has 0 saturated heterocycles. The minimum absolute atomic E-state index is 0.0193. The molecule has 1 N–H and O–H groups in total. The van der Waals surface area contributed by atoms with Gasteiger partial charge in [-0.1, -0.05) is 54.1 Å². The molecule has 5 nitrogen and oxygen atoms in total. The van der Waals surface area contributed by atoms with Crippen molar-refractivity contribution in [1.29, 1.82) is 0 Å². The van der Waals surface area contributed by atoms with E-state index >= 15 is 0 Å². The van der Waals surface area contributed by atoms with E-state index in [1.807, 2.05) is 0 Å². The average Bonchev–Trinajstić information content (AvgIpc) is 3.11. The molecule has 0 aromatic heterocycles. The van der Waals surface area contributed by atoms with Crippen LogP contribution in [0.3, 0.4) is 0 Å². The van der Waals surface area contributed by atoms with Gasteiger partial charge in [-0.25, -0.2) is 0 Å². The summed E-state index contributed by atoms with van der Waals surface area (Å²) >= 11 is 6.29. The van der Waals surface area contributed by atoms with Gasteiger partial charge in [-0.05, 0) is 49.1 Å². The summed E-state index contributed by atoms with van der Waals surface area (Å²) in [7, 11) is 1.45. The molecule has 2 atom stereocenters. The highest BCUT2D eigenvalue weighted by molar-refractivity contribution is 6.32. The second-order valence-corrected chi connectivity index (χ2v) is 10.1. The standard InChI is InChI=1S/C29H26ClF6NO4/c1-17(18-6-4-3-5-7-18)26(38)37-16-22(41-25-15-21(40-2)11-12-23(25)30)10-8-19-14-20(9-13-24(19)37)27(39,28(31,32)33)29(34,35)36/h3-7,9,11-15,17,22,39H,8,10,16H2,1-2H3/t17?,22-/m0/s1. The fourth-order valence-electron chi connectivity index (χ4n) is 4.78. The second-order valence-electron chi connectivity index (χ2n) is 9.71. The van der Waals surface area contributed by atoms with Crippen LogP contribution in [0.25, 0.3) is 0 Å². The molecule has 1 amide bonds. The maximum atomic E-state index is 13.8. The molecule has 0 radical (unpaired) electrons.